The van der Waals surface area contributed by atoms with E-state index in [0.29, 0.717) is 17.9 Å². The van der Waals surface area contributed by atoms with Crippen molar-refractivity contribution in [2.24, 2.45) is 13.0 Å². The molecule has 6 nitrogen and oxygen atoms in total. The Morgan fingerprint density at radius 1 is 1.47 bits per heavy atom. The Morgan fingerprint density at radius 2 is 2.16 bits per heavy atom. The molecular weight excluding hydrogens is 242 g/mol. The van der Waals surface area contributed by atoms with Crippen molar-refractivity contribution in [2.75, 3.05) is 32.4 Å². The number of amides is 1. The van der Waals surface area contributed by atoms with Gasteiger partial charge < -0.3 is 16.0 Å². The maximum atomic E-state index is 11.9. The molecule has 1 aliphatic rings. The van der Waals surface area contributed by atoms with Crippen molar-refractivity contribution < 1.29 is 4.79 Å². The maximum absolute atomic E-state index is 11.9. The molecule has 3 N–H and O–H groups in total. The molecule has 106 valence electrons. The number of aromatic nitrogens is 2. The van der Waals surface area contributed by atoms with Crippen LogP contribution in [0.2, 0.25) is 0 Å². The number of piperidine rings is 1. The Balaban J connectivity index is 1.74. The molecule has 0 saturated carbocycles. The van der Waals surface area contributed by atoms with Crippen LogP contribution in [-0.2, 0) is 7.05 Å². The standard InChI is InChI=1S/C13H23N5O/c1-17-7-4-10(5-8-17)3-6-15-13(19)12-11(14)9-18(2)16-12/h9-10H,3-8,14H2,1-2H3,(H,15,19). The number of aryl methyl sites for hydroxylation is 1. The first kappa shape index (κ1) is 13.9. The van der Waals surface area contributed by atoms with Crippen molar-refractivity contribution in [1.82, 2.24) is 20.0 Å². The average molecular weight is 265 g/mol. The third-order valence-electron chi connectivity index (χ3n) is 3.75. The fraction of sp³-hybridized carbons (Fsp3) is 0.692. The van der Waals surface area contributed by atoms with Gasteiger partial charge in [-0.05, 0) is 45.3 Å². The second kappa shape index (κ2) is 6.06. The van der Waals surface area contributed by atoms with Gasteiger partial charge >= 0.3 is 0 Å². The average Bonchev–Trinajstić information content (AvgIpc) is 2.71. The smallest absolute Gasteiger partial charge is 0.273 e. The molecule has 1 fully saturated rings. The van der Waals surface area contributed by atoms with Gasteiger partial charge in [-0.15, -0.1) is 0 Å². The Kier molecular flexibility index (Phi) is 4.42. The number of anilines is 1. The van der Waals surface area contributed by atoms with Crippen molar-refractivity contribution in [3.8, 4) is 0 Å². The summed E-state index contributed by atoms with van der Waals surface area (Å²) < 4.78 is 1.56. The van der Waals surface area contributed by atoms with Crippen molar-refractivity contribution in [2.45, 2.75) is 19.3 Å². The first-order chi connectivity index (χ1) is 9.06. The quantitative estimate of drug-likeness (QED) is 0.829. The fourth-order valence-electron chi connectivity index (χ4n) is 2.51. The number of carbonyl (C=O) groups is 1. The van der Waals surface area contributed by atoms with Crippen LogP contribution in [0.25, 0.3) is 0 Å². The van der Waals surface area contributed by atoms with Gasteiger partial charge in [0, 0.05) is 19.8 Å². The van der Waals surface area contributed by atoms with Crippen molar-refractivity contribution >= 4 is 11.6 Å². The first-order valence-corrected chi connectivity index (χ1v) is 6.82. The molecule has 0 spiro atoms. The molecule has 0 unspecified atom stereocenters. The number of nitrogen functional groups attached to an aromatic ring is 1. The molecular formula is C13H23N5O. The molecule has 6 heteroatoms. The van der Waals surface area contributed by atoms with E-state index in [4.69, 9.17) is 5.73 Å². The van der Waals surface area contributed by atoms with Crippen LogP contribution in [0.1, 0.15) is 29.8 Å². The van der Waals surface area contributed by atoms with Gasteiger partial charge in [0.25, 0.3) is 5.91 Å². The lowest BCUT2D eigenvalue weighted by molar-refractivity contribution is 0.0944. The van der Waals surface area contributed by atoms with Crippen LogP contribution >= 0.6 is 0 Å². The number of carbonyl (C=O) groups excluding carboxylic acids is 1. The van der Waals surface area contributed by atoms with Gasteiger partial charge in [-0.25, -0.2) is 0 Å². The summed E-state index contributed by atoms with van der Waals surface area (Å²) in [6.45, 7) is 3.01. The van der Waals surface area contributed by atoms with Crippen LogP contribution in [-0.4, -0.2) is 47.3 Å². The Bertz CT molecular complexity index is 434. The highest BCUT2D eigenvalue weighted by Crippen LogP contribution is 2.18. The van der Waals surface area contributed by atoms with E-state index in [0.717, 1.165) is 25.4 Å². The summed E-state index contributed by atoms with van der Waals surface area (Å²) in [6.07, 6.45) is 5.12. The van der Waals surface area contributed by atoms with Crippen LogP contribution < -0.4 is 11.1 Å². The zero-order chi connectivity index (χ0) is 13.8. The topological polar surface area (TPSA) is 76.2 Å². The third kappa shape index (κ3) is 3.70. The zero-order valence-electron chi connectivity index (χ0n) is 11.7. The van der Waals surface area contributed by atoms with Gasteiger partial charge in [0.15, 0.2) is 5.69 Å². The number of nitrogens with two attached hydrogens (primary N) is 1. The second-order valence-corrected chi connectivity index (χ2v) is 5.40. The Hall–Kier alpha value is -1.56. The van der Waals surface area contributed by atoms with Crippen LogP contribution in [0.5, 0.6) is 0 Å². The summed E-state index contributed by atoms with van der Waals surface area (Å²) in [6, 6.07) is 0. The van der Waals surface area contributed by atoms with Gasteiger partial charge in [-0.3, -0.25) is 9.48 Å². The lowest BCUT2D eigenvalue weighted by atomic mass is 9.94. The van der Waals surface area contributed by atoms with Gasteiger partial charge in [-0.1, -0.05) is 0 Å². The van der Waals surface area contributed by atoms with Gasteiger partial charge in [0.05, 0.1) is 5.69 Å². The van der Waals surface area contributed by atoms with Crippen LogP contribution in [0, 0.1) is 5.92 Å². The molecule has 0 radical (unpaired) electrons. The molecule has 1 aromatic rings. The van der Waals surface area contributed by atoms with Crippen LogP contribution in [0.4, 0.5) is 5.69 Å². The number of hydrogen-bond donors (Lipinski definition) is 2. The van der Waals surface area contributed by atoms with E-state index >= 15 is 0 Å². The van der Waals surface area contributed by atoms with Crippen LogP contribution in [0.3, 0.4) is 0 Å². The Morgan fingerprint density at radius 3 is 2.74 bits per heavy atom. The highest BCUT2D eigenvalue weighted by Gasteiger charge is 2.17. The number of nitrogens with one attached hydrogen (secondary N) is 1. The lowest BCUT2D eigenvalue weighted by Gasteiger charge is -2.28. The maximum Gasteiger partial charge on any atom is 0.273 e. The zero-order valence-corrected chi connectivity index (χ0v) is 11.7. The molecule has 0 aliphatic carbocycles. The summed E-state index contributed by atoms with van der Waals surface area (Å²) in [5, 5.41) is 6.96. The highest BCUT2D eigenvalue weighted by molar-refractivity contribution is 5.96. The minimum absolute atomic E-state index is 0.175. The third-order valence-corrected chi connectivity index (χ3v) is 3.75. The molecule has 1 saturated heterocycles. The molecule has 1 aliphatic heterocycles. The van der Waals surface area contributed by atoms with Crippen molar-refractivity contribution in [3.63, 3.8) is 0 Å². The minimum Gasteiger partial charge on any atom is -0.396 e. The fourth-order valence-corrected chi connectivity index (χ4v) is 2.51. The van der Waals surface area contributed by atoms with Crippen molar-refractivity contribution in [1.29, 1.82) is 0 Å². The van der Waals surface area contributed by atoms with E-state index in [-0.39, 0.29) is 5.91 Å². The summed E-state index contributed by atoms with van der Waals surface area (Å²) in [4.78, 5) is 14.2. The SMILES string of the molecule is CN1CCC(CCNC(=O)c2nn(C)cc2N)CC1. The Labute approximate surface area is 113 Å². The van der Waals surface area contributed by atoms with E-state index in [1.54, 1.807) is 17.9 Å². The minimum atomic E-state index is -0.175. The molecule has 2 heterocycles. The number of rotatable bonds is 4. The van der Waals surface area contributed by atoms with E-state index in [1.165, 1.54) is 12.8 Å². The normalized spacial score (nSPS) is 17.6. The lowest BCUT2D eigenvalue weighted by Crippen LogP contribution is -2.33. The summed E-state index contributed by atoms with van der Waals surface area (Å²) in [5.41, 5.74) is 6.48. The molecule has 1 aromatic heterocycles. The van der Waals surface area contributed by atoms with E-state index in [2.05, 4.69) is 22.4 Å². The largest absolute Gasteiger partial charge is 0.396 e. The molecule has 0 aromatic carbocycles. The number of hydrogen-bond acceptors (Lipinski definition) is 4. The molecule has 1 amide bonds. The van der Waals surface area contributed by atoms with Gasteiger partial charge in [0.1, 0.15) is 0 Å². The van der Waals surface area contributed by atoms with E-state index in [1.807, 2.05) is 0 Å². The highest BCUT2D eigenvalue weighted by atomic mass is 16.1. The number of nitrogens with zero attached hydrogens (tertiary/aromatic N) is 3. The molecule has 19 heavy (non-hydrogen) atoms. The van der Waals surface area contributed by atoms with Crippen LogP contribution in [0.15, 0.2) is 6.20 Å². The van der Waals surface area contributed by atoms with Gasteiger partial charge in [0.2, 0.25) is 0 Å². The molecule has 2 rings (SSSR count). The summed E-state index contributed by atoms with van der Waals surface area (Å²) in [7, 11) is 3.91. The summed E-state index contributed by atoms with van der Waals surface area (Å²) >= 11 is 0. The number of likely N-dealkylation sites (tertiary alicyclic amines) is 1. The summed E-state index contributed by atoms with van der Waals surface area (Å²) in [5.74, 6) is 0.545. The predicted molar refractivity (Wildman–Crippen MR) is 74.8 cm³/mol. The first-order valence-electron chi connectivity index (χ1n) is 6.82. The second-order valence-electron chi connectivity index (χ2n) is 5.40. The molecule has 0 atom stereocenters. The van der Waals surface area contributed by atoms with Gasteiger partial charge in [-0.2, -0.15) is 5.10 Å². The monoisotopic (exact) mass is 265 g/mol. The van der Waals surface area contributed by atoms with E-state index < -0.39 is 0 Å². The predicted octanol–water partition coefficient (Wildman–Crippen LogP) is 0.464. The van der Waals surface area contributed by atoms with Crippen molar-refractivity contribution in [3.05, 3.63) is 11.9 Å². The molecule has 0 bridgehead atoms. The van der Waals surface area contributed by atoms with E-state index in [9.17, 15) is 4.79 Å².